The number of guanidine groups is 1. The van der Waals surface area contributed by atoms with Gasteiger partial charge in [0.15, 0.2) is 23.4 Å². The van der Waals surface area contributed by atoms with E-state index in [0.717, 1.165) is 12.1 Å². The lowest BCUT2D eigenvalue weighted by Crippen LogP contribution is -2.23. The zero-order chi connectivity index (χ0) is 16.8. The number of hydrogen-bond donors (Lipinski definition) is 2. The third kappa shape index (κ3) is 4.64. The molecule has 3 N–H and O–H groups in total. The van der Waals surface area contributed by atoms with Crippen molar-refractivity contribution in [3.63, 3.8) is 0 Å². The number of ether oxygens (including phenoxy) is 1. The van der Waals surface area contributed by atoms with E-state index in [1.165, 1.54) is 0 Å². The molecule has 2 rings (SSSR count). The summed E-state index contributed by atoms with van der Waals surface area (Å²) >= 11 is 0. The molecule has 0 radical (unpaired) electrons. The molecule has 0 unspecified atom stereocenters. The number of methoxy groups -OCH3 is 1. The summed E-state index contributed by atoms with van der Waals surface area (Å²) in [6.07, 6.45) is 0.231. The number of rotatable bonds is 5. The van der Waals surface area contributed by atoms with E-state index >= 15 is 0 Å². The summed E-state index contributed by atoms with van der Waals surface area (Å²) in [7, 11) is 1.55. The van der Waals surface area contributed by atoms with E-state index < -0.39 is 17.5 Å². The zero-order valence-electron chi connectivity index (χ0n) is 12.4. The quantitative estimate of drug-likeness (QED) is 0.505. The molecule has 0 atom stereocenters. The average Bonchev–Trinajstić information content (AvgIpc) is 2.52. The highest BCUT2D eigenvalue weighted by molar-refractivity contribution is 5.92. The number of halogens is 3. The molecule has 0 saturated heterocycles. The Morgan fingerprint density at radius 1 is 1.17 bits per heavy atom. The molecule has 0 fully saturated rings. The number of anilines is 1. The second-order valence-electron chi connectivity index (χ2n) is 4.75. The maximum Gasteiger partial charge on any atom is 0.194 e. The third-order valence-electron chi connectivity index (χ3n) is 3.07. The molecule has 122 valence electrons. The highest BCUT2D eigenvalue weighted by atomic mass is 19.2. The van der Waals surface area contributed by atoms with Crippen LogP contribution in [-0.4, -0.2) is 19.6 Å². The van der Waals surface area contributed by atoms with Crippen molar-refractivity contribution in [3.8, 4) is 5.75 Å². The van der Waals surface area contributed by atoms with Crippen molar-refractivity contribution in [3.05, 3.63) is 59.4 Å². The molecule has 7 heteroatoms. The van der Waals surface area contributed by atoms with Crippen LogP contribution in [0.5, 0.6) is 5.75 Å². The molecule has 2 aromatic rings. The van der Waals surface area contributed by atoms with Crippen LogP contribution in [0.25, 0.3) is 0 Å². The lowest BCUT2D eigenvalue weighted by Gasteiger charge is -2.07. The fourth-order valence-corrected chi connectivity index (χ4v) is 1.95. The maximum atomic E-state index is 13.1. The van der Waals surface area contributed by atoms with E-state index in [0.29, 0.717) is 17.0 Å². The van der Waals surface area contributed by atoms with E-state index in [4.69, 9.17) is 10.5 Å². The normalized spacial score (nSPS) is 11.4. The average molecular weight is 323 g/mol. The van der Waals surface area contributed by atoms with Crippen molar-refractivity contribution >= 4 is 11.6 Å². The van der Waals surface area contributed by atoms with Crippen LogP contribution < -0.4 is 15.8 Å². The first kappa shape index (κ1) is 16.7. The highest BCUT2D eigenvalue weighted by Gasteiger charge is 2.10. The number of benzene rings is 2. The fraction of sp³-hybridized carbons (Fsp3) is 0.188. The van der Waals surface area contributed by atoms with Gasteiger partial charge in [-0.3, -0.25) is 4.99 Å². The van der Waals surface area contributed by atoms with E-state index in [-0.39, 0.29) is 18.9 Å². The number of aliphatic imine (C=N–C) groups is 1. The minimum Gasteiger partial charge on any atom is -0.497 e. The van der Waals surface area contributed by atoms with Crippen LogP contribution >= 0.6 is 0 Å². The molecule has 0 aliphatic heterocycles. The summed E-state index contributed by atoms with van der Waals surface area (Å²) in [5.74, 6) is -3.09. The number of nitrogens with two attached hydrogens (primary N) is 1. The minimum atomic E-state index is -1.48. The smallest absolute Gasteiger partial charge is 0.194 e. The van der Waals surface area contributed by atoms with Crippen molar-refractivity contribution < 1.29 is 17.9 Å². The SMILES string of the molecule is COc1cccc(NC(N)=NCCc2cc(F)c(F)c(F)c2)c1. The molecule has 0 heterocycles. The van der Waals surface area contributed by atoms with Gasteiger partial charge in [-0.15, -0.1) is 0 Å². The summed E-state index contributed by atoms with van der Waals surface area (Å²) < 4.78 is 44.1. The first-order valence-electron chi connectivity index (χ1n) is 6.84. The van der Waals surface area contributed by atoms with E-state index in [1.54, 1.807) is 31.4 Å². The Hall–Kier alpha value is -2.70. The van der Waals surface area contributed by atoms with Gasteiger partial charge in [0.2, 0.25) is 0 Å². The first-order chi connectivity index (χ1) is 11.0. The molecule has 4 nitrogen and oxygen atoms in total. The van der Waals surface area contributed by atoms with Gasteiger partial charge in [0.05, 0.1) is 7.11 Å². The van der Waals surface area contributed by atoms with Crippen LogP contribution in [0.15, 0.2) is 41.4 Å². The molecular formula is C16H16F3N3O. The van der Waals surface area contributed by atoms with Gasteiger partial charge in [-0.25, -0.2) is 13.2 Å². The highest BCUT2D eigenvalue weighted by Crippen LogP contribution is 2.16. The summed E-state index contributed by atoms with van der Waals surface area (Å²) in [6, 6.07) is 9.00. The lowest BCUT2D eigenvalue weighted by atomic mass is 10.1. The topological polar surface area (TPSA) is 59.6 Å². The molecule has 0 saturated carbocycles. The predicted octanol–water partition coefficient (Wildman–Crippen LogP) is 3.08. The Labute approximate surface area is 131 Å². The number of hydrogen-bond acceptors (Lipinski definition) is 2. The van der Waals surface area contributed by atoms with E-state index in [2.05, 4.69) is 10.3 Å². The van der Waals surface area contributed by atoms with Gasteiger partial charge in [-0.1, -0.05) is 6.07 Å². The van der Waals surface area contributed by atoms with Crippen LogP contribution in [0.1, 0.15) is 5.56 Å². The van der Waals surface area contributed by atoms with Crippen LogP contribution in [0, 0.1) is 17.5 Å². The van der Waals surface area contributed by atoms with Gasteiger partial charge >= 0.3 is 0 Å². The molecule has 0 aliphatic rings. The van der Waals surface area contributed by atoms with Gasteiger partial charge in [0, 0.05) is 18.3 Å². The largest absolute Gasteiger partial charge is 0.497 e. The van der Waals surface area contributed by atoms with Gasteiger partial charge in [-0.05, 0) is 36.2 Å². The summed E-state index contributed by atoms with van der Waals surface area (Å²) in [6.45, 7) is 0.202. The van der Waals surface area contributed by atoms with Gasteiger partial charge in [-0.2, -0.15) is 0 Å². The van der Waals surface area contributed by atoms with Crippen molar-refractivity contribution in [1.29, 1.82) is 0 Å². The first-order valence-corrected chi connectivity index (χ1v) is 6.84. The predicted molar refractivity (Wildman–Crippen MR) is 83.1 cm³/mol. The summed E-state index contributed by atoms with van der Waals surface area (Å²) in [5, 5.41) is 2.87. The van der Waals surface area contributed by atoms with Crippen LogP contribution in [0.4, 0.5) is 18.9 Å². The Balaban J connectivity index is 1.94. The van der Waals surface area contributed by atoms with Crippen molar-refractivity contribution in [2.75, 3.05) is 19.0 Å². The molecule has 2 aromatic carbocycles. The zero-order valence-corrected chi connectivity index (χ0v) is 12.4. The van der Waals surface area contributed by atoms with Gasteiger partial charge in [0.1, 0.15) is 5.75 Å². The Kier molecular flexibility index (Phi) is 5.46. The van der Waals surface area contributed by atoms with Crippen LogP contribution in [0.3, 0.4) is 0 Å². The Morgan fingerprint density at radius 3 is 2.52 bits per heavy atom. The Bertz CT molecular complexity index is 696. The monoisotopic (exact) mass is 323 g/mol. The molecule has 0 spiro atoms. The van der Waals surface area contributed by atoms with Gasteiger partial charge in [0.25, 0.3) is 0 Å². The molecular weight excluding hydrogens is 307 g/mol. The molecule has 0 aromatic heterocycles. The summed E-state index contributed by atoms with van der Waals surface area (Å²) in [5.41, 5.74) is 6.74. The molecule has 0 amide bonds. The van der Waals surface area contributed by atoms with Crippen molar-refractivity contribution in [2.45, 2.75) is 6.42 Å². The van der Waals surface area contributed by atoms with E-state index in [9.17, 15) is 13.2 Å². The Morgan fingerprint density at radius 2 is 1.87 bits per heavy atom. The van der Waals surface area contributed by atoms with Crippen LogP contribution in [-0.2, 0) is 6.42 Å². The second-order valence-corrected chi connectivity index (χ2v) is 4.75. The van der Waals surface area contributed by atoms with E-state index in [1.807, 2.05) is 0 Å². The third-order valence-corrected chi connectivity index (χ3v) is 3.07. The molecule has 23 heavy (non-hydrogen) atoms. The lowest BCUT2D eigenvalue weighted by molar-refractivity contribution is 0.415. The number of nitrogens with one attached hydrogen (secondary N) is 1. The molecule has 0 bridgehead atoms. The summed E-state index contributed by atoms with van der Waals surface area (Å²) in [4.78, 5) is 4.06. The van der Waals surface area contributed by atoms with Crippen LogP contribution in [0.2, 0.25) is 0 Å². The number of nitrogens with zero attached hydrogens (tertiary/aromatic N) is 1. The molecule has 0 aliphatic carbocycles. The van der Waals surface area contributed by atoms with Gasteiger partial charge < -0.3 is 15.8 Å². The van der Waals surface area contributed by atoms with Crippen molar-refractivity contribution in [1.82, 2.24) is 0 Å². The second kappa shape index (κ2) is 7.53. The standard InChI is InChI=1S/C16H16F3N3O/c1-23-12-4-2-3-11(9-12)22-16(20)21-6-5-10-7-13(17)15(19)14(18)8-10/h2-4,7-9H,5-6H2,1H3,(H3,20,21,22). The minimum absolute atomic E-state index is 0.154. The van der Waals surface area contributed by atoms with Crippen molar-refractivity contribution in [2.24, 2.45) is 10.7 Å². The fourth-order valence-electron chi connectivity index (χ4n) is 1.95. The maximum absolute atomic E-state index is 13.1.